The lowest BCUT2D eigenvalue weighted by atomic mass is 9.63. The molecule has 9 unspecified atom stereocenters. The van der Waals surface area contributed by atoms with Crippen LogP contribution in [0.2, 0.25) is 0 Å². The molecule has 18 heavy (non-hydrogen) atoms. The number of hydrogen-bond acceptors (Lipinski definition) is 4. The second-order valence-electron chi connectivity index (χ2n) is 6.97. The molecule has 4 bridgehead atoms. The molecule has 1 heterocycles. The molecule has 0 amide bonds. The Kier molecular flexibility index (Phi) is 1.56. The molecule has 5 fully saturated rings. The Balaban J connectivity index is 1.59. The number of hydrogen-bond donors (Lipinski definition) is 1. The maximum atomic E-state index is 11.8. The SMILES string of the molecule is O=C1OC(=O)C2C3CC(C12)C1C2CC(O)C(C2)C31. The van der Waals surface area contributed by atoms with Gasteiger partial charge in [0.2, 0.25) is 0 Å². The number of aliphatic hydroxyl groups is 1. The second kappa shape index (κ2) is 2.82. The first-order chi connectivity index (χ1) is 8.66. The van der Waals surface area contributed by atoms with Gasteiger partial charge >= 0.3 is 11.9 Å². The zero-order chi connectivity index (χ0) is 12.2. The van der Waals surface area contributed by atoms with Gasteiger partial charge < -0.3 is 9.84 Å². The lowest BCUT2D eigenvalue weighted by Crippen LogP contribution is -2.42. The lowest BCUT2D eigenvalue weighted by Gasteiger charge is -2.39. The Morgan fingerprint density at radius 1 is 0.889 bits per heavy atom. The molecule has 1 saturated heterocycles. The molecule has 0 radical (unpaired) electrons. The predicted molar refractivity (Wildman–Crippen MR) is 58.9 cm³/mol. The molecule has 0 spiro atoms. The number of ether oxygens (including phenoxy) is 1. The van der Waals surface area contributed by atoms with Crippen molar-refractivity contribution < 1.29 is 19.4 Å². The number of aliphatic hydroxyl groups excluding tert-OH is 1. The fraction of sp³-hybridized carbons (Fsp3) is 0.857. The molecule has 4 saturated carbocycles. The molecule has 4 heteroatoms. The Morgan fingerprint density at radius 2 is 1.56 bits per heavy atom. The summed E-state index contributed by atoms with van der Waals surface area (Å²) in [5, 5.41) is 10.1. The summed E-state index contributed by atoms with van der Waals surface area (Å²) in [6, 6.07) is 0. The first-order valence-electron chi connectivity index (χ1n) is 7.10. The van der Waals surface area contributed by atoms with Crippen molar-refractivity contribution in [3.05, 3.63) is 0 Å². The molecule has 0 aromatic rings. The van der Waals surface area contributed by atoms with E-state index in [4.69, 9.17) is 4.74 Å². The highest BCUT2D eigenvalue weighted by Crippen LogP contribution is 2.71. The average Bonchev–Trinajstić information content (AvgIpc) is 3.03. The number of rotatable bonds is 0. The van der Waals surface area contributed by atoms with Crippen molar-refractivity contribution in [1.82, 2.24) is 0 Å². The maximum Gasteiger partial charge on any atom is 0.317 e. The van der Waals surface area contributed by atoms with E-state index >= 15 is 0 Å². The Labute approximate surface area is 105 Å². The molecule has 0 aromatic heterocycles. The summed E-state index contributed by atoms with van der Waals surface area (Å²) in [5.74, 6) is 1.88. The first-order valence-corrected chi connectivity index (χ1v) is 7.10. The summed E-state index contributed by atoms with van der Waals surface area (Å²) in [6.07, 6.45) is 2.88. The van der Waals surface area contributed by atoms with Crippen LogP contribution in [0.4, 0.5) is 0 Å². The standard InChI is InChI=1S/C14H16O4/c15-8-2-4-1-5(8)10-7-3-6(9(4)10)11-12(7)14(17)18-13(11)16/h4-12,15H,1-3H2. The van der Waals surface area contributed by atoms with Gasteiger partial charge in [-0.05, 0) is 54.8 Å². The van der Waals surface area contributed by atoms with Crippen LogP contribution in [0.1, 0.15) is 19.3 Å². The van der Waals surface area contributed by atoms with E-state index in [1.807, 2.05) is 0 Å². The average molecular weight is 248 g/mol. The number of esters is 2. The molecule has 4 aliphatic carbocycles. The molecular weight excluding hydrogens is 232 g/mol. The second-order valence-corrected chi connectivity index (χ2v) is 6.97. The van der Waals surface area contributed by atoms with Gasteiger partial charge in [0.1, 0.15) is 0 Å². The summed E-state index contributed by atoms with van der Waals surface area (Å²) in [7, 11) is 0. The van der Waals surface area contributed by atoms with Crippen molar-refractivity contribution in [3.8, 4) is 0 Å². The predicted octanol–water partition coefficient (Wildman–Crippen LogP) is 0.585. The lowest BCUT2D eigenvalue weighted by molar-refractivity contribution is -0.154. The number of cyclic esters (lactones) is 2. The van der Waals surface area contributed by atoms with Gasteiger partial charge in [-0.3, -0.25) is 9.59 Å². The van der Waals surface area contributed by atoms with Gasteiger partial charge in [0.15, 0.2) is 0 Å². The van der Waals surface area contributed by atoms with Crippen LogP contribution in [-0.4, -0.2) is 23.1 Å². The van der Waals surface area contributed by atoms with Gasteiger partial charge in [0, 0.05) is 0 Å². The third-order valence-corrected chi connectivity index (χ3v) is 6.68. The zero-order valence-electron chi connectivity index (χ0n) is 9.99. The van der Waals surface area contributed by atoms with Crippen LogP contribution in [0.25, 0.3) is 0 Å². The van der Waals surface area contributed by atoms with Crippen LogP contribution in [0, 0.1) is 47.3 Å². The highest BCUT2D eigenvalue weighted by molar-refractivity contribution is 5.97. The Hall–Kier alpha value is -0.900. The highest BCUT2D eigenvalue weighted by Gasteiger charge is 2.72. The first kappa shape index (κ1) is 9.96. The summed E-state index contributed by atoms with van der Waals surface area (Å²) < 4.78 is 4.85. The minimum absolute atomic E-state index is 0.139. The van der Waals surface area contributed by atoms with Gasteiger partial charge in [-0.2, -0.15) is 0 Å². The summed E-state index contributed by atoms with van der Waals surface area (Å²) in [5.41, 5.74) is 0. The van der Waals surface area contributed by atoms with E-state index in [1.165, 1.54) is 0 Å². The van der Waals surface area contributed by atoms with E-state index in [0.717, 1.165) is 19.3 Å². The molecule has 5 aliphatic rings. The number of carbonyl (C=O) groups is 2. The Morgan fingerprint density at radius 3 is 2.28 bits per heavy atom. The summed E-state index contributed by atoms with van der Waals surface area (Å²) in [4.78, 5) is 23.6. The number of carbonyl (C=O) groups excluding carboxylic acids is 2. The molecule has 0 aromatic carbocycles. The molecule has 1 N–H and O–H groups in total. The van der Waals surface area contributed by atoms with E-state index in [1.54, 1.807) is 0 Å². The van der Waals surface area contributed by atoms with Crippen molar-refractivity contribution in [3.63, 3.8) is 0 Å². The molecule has 1 aliphatic heterocycles. The van der Waals surface area contributed by atoms with Crippen molar-refractivity contribution in [2.75, 3.05) is 0 Å². The Bertz CT molecular complexity index is 472. The van der Waals surface area contributed by atoms with Gasteiger partial charge in [0.25, 0.3) is 0 Å². The van der Waals surface area contributed by atoms with E-state index in [0.29, 0.717) is 35.5 Å². The van der Waals surface area contributed by atoms with Crippen molar-refractivity contribution in [1.29, 1.82) is 0 Å². The van der Waals surface area contributed by atoms with Gasteiger partial charge in [0.05, 0.1) is 17.9 Å². The minimum Gasteiger partial charge on any atom is -0.393 e. The smallest absolute Gasteiger partial charge is 0.317 e. The van der Waals surface area contributed by atoms with Crippen LogP contribution in [0.3, 0.4) is 0 Å². The largest absolute Gasteiger partial charge is 0.393 e. The van der Waals surface area contributed by atoms with Crippen LogP contribution in [-0.2, 0) is 14.3 Å². The number of fused-ring (bicyclic) bond motifs is 12. The van der Waals surface area contributed by atoms with E-state index < -0.39 is 0 Å². The minimum atomic E-state index is -0.284. The van der Waals surface area contributed by atoms with Gasteiger partial charge in [-0.15, -0.1) is 0 Å². The molecule has 9 atom stereocenters. The van der Waals surface area contributed by atoms with Crippen LogP contribution >= 0.6 is 0 Å². The molecular formula is C14H16O4. The molecule has 4 nitrogen and oxygen atoms in total. The normalized spacial score (nSPS) is 63.3. The monoisotopic (exact) mass is 248 g/mol. The fourth-order valence-corrected chi connectivity index (χ4v) is 6.46. The third-order valence-electron chi connectivity index (χ3n) is 6.68. The van der Waals surface area contributed by atoms with E-state index in [2.05, 4.69) is 0 Å². The van der Waals surface area contributed by atoms with E-state index in [9.17, 15) is 14.7 Å². The van der Waals surface area contributed by atoms with Crippen molar-refractivity contribution in [2.45, 2.75) is 25.4 Å². The third kappa shape index (κ3) is 0.859. The van der Waals surface area contributed by atoms with Crippen LogP contribution < -0.4 is 0 Å². The van der Waals surface area contributed by atoms with Crippen molar-refractivity contribution in [2.24, 2.45) is 47.3 Å². The quantitative estimate of drug-likeness (QED) is 0.387. The fourth-order valence-electron chi connectivity index (χ4n) is 6.46. The van der Waals surface area contributed by atoms with E-state index in [-0.39, 0.29) is 29.9 Å². The summed E-state index contributed by atoms with van der Waals surface area (Å²) in [6.45, 7) is 0. The van der Waals surface area contributed by atoms with Crippen LogP contribution in [0.5, 0.6) is 0 Å². The topological polar surface area (TPSA) is 63.6 Å². The molecule has 5 rings (SSSR count). The van der Waals surface area contributed by atoms with Crippen molar-refractivity contribution >= 4 is 11.9 Å². The summed E-state index contributed by atoms with van der Waals surface area (Å²) >= 11 is 0. The highest BCUT2D eigenvalue weighted by atomic mass is 16.6. The van der Waals surface area contributed by atoms with Gasteiger partial charge in [-0.25, -0.2) is 0 Å². The van der Waals surface area contributed by atoms with Gasteiger partial charge in [-0.1, -0.05) is 0 Å². The maximum absolute atomic E-state index is 11.8. The zero-order valence-corrected chi connectivity index (χ0v) is 9.99. The molecule has 96 valence electrons. The van der Waals surface area contributed by atoms with Crippen LogP contribution in [0.15, 0.2) is 0 Å².